The molecule has 1 atom stereocenters. The van der Waals surface area contributed by atoms with E-state index in [1.54, 1.807) is 6.92 Å². The number of amides is 2. The lowest BCUT2D eigenvalue weighted by molar-refractivity contribution is -0.135. The van der Waals surface area contributed by atoms with Crippen LogP contribution in [0.25, 0.3) is 0 Å². The minimum atomic E-state index is -1.19. The van der Waals surface area contributed by atoms with Gasteiger partial charge in [0, 0.05) is 24.8 Å². The second-order valence-electron chi connectivity index (χ2n) is 3.23. The van der Waals surface area contributed by atoms with Crippen LogP contribution < -0.4 is 5.32 Å². The molecule has 0 radical (unpaired) electrons. The van der Waals surface area contributed by atoms with Crippen LogP contribution in [0.4, 0.5) is 0 Å². The van der Waals surface area contributed by atoms with Crippen molar-refractivity contribution < 1.29 is 9.59 Å². The number of halogens is 4. The smallest absolute Gasteiger partial charge is 0.253 e. The summed E-state index contributed by atoms with van der Waals surface area (Å²) in [5.41, 5.74) is 0. The van der Waals surface area contributed by atoms with E-state index < -0.39 is 16.8 Å². The SMILES string of the molecule is CC(NC(=O)C(Cl)Cl)C(=O)N(CCCl)CCCl. The fraction of sp³-hybridized carbons (Fsp3) is 0.778. The molecule has 0 saturated heterocycles. The largest absolute Gasteiger partial charge is 0.342 e. The monoisotopic (exact) mass is 322 g/mol. The quantitative estimate of drug-likeness (QED) is 0.723. The number of hydrogen-bond acceptors (Lipinski definition) is 2. The third kappa shape index (κ3) is 6.55. The van der Waals surface area contributed by atoms with E-state index in [0.29, 0.717) is 24.8 Å². The molecule has 17 heavy (non-hydrogen) atoms. The third-order valence-corrected chi connectivity index (χ3v) is 2.68. The molecule has 1 N–H and O–H groups in total. The molecular formula is C9H14Cl4N2O2. The summed E-state index contributed by atoms with van der Waals surface area (Å²) < 4.78 is 0. The lowest BCUT2D eigenvalue weighted by atomic mass is 10.3. The maximum Gasteiger partial charge on any atom is 0.253 e. The van der Waals surface area contributed by atoms with Crippen LogP contribution >= 0.6 is 46.4 Å². The molecule has 0 spiro atoms. The molecule has 0 aliphatic carbocycles. The number of alkyl halides is 4. The summed E-state index contributed by atoms with van der Waals surface area (Å²) in [5.74, 6) is -0.270. The predicted octanol–water partition coefficient (Wildman–Crippen LogP) is 1.60. The minimum Gasteiger partial charge on any atom is -0.342 e. The summed E-state index contributed by atoms with van der Waals surface area (Å²) in [6.45, 7) is 2.29. The number of nitrogens with one attached hydrogen (secondary N) is 1. The van der Waals surface area contributed by atoms with Crippen LogP contribution in [-0.4, -0.2) is 52.4 Å². The molecular weight excluding hydrogens is 310 g/mol. The van der Waals surface area contributed by atoms with Gasteiger partial charge in [0.2, 0.25) is 5.91 Å². The maximum absolute atomic E-state index is 11.9. The van der Waals surface area contributed by atoms with Crippen LogP contribution in [0.15, 0.2) is 0 Å². The van der Waals surface area contributed by atoms with Crippen molar-refractivity contribution in [1.29, 1.82) is 0 Å². The van der Waals surface area contributed by atoms with Crippen LogP contribution in [0.1, 0.15) is 6.92 Å². The normalized spacial score (nSPS) is 12.4. The molecule has 1 unspecified atom stereocenters. The second kappa shape index (κ2) is 9.09. The van der Waals surface area contributed by atoms with Crippen molar-refractivity contribution in [3.8, 4) is 0 Å². The van der Waals surface area contributed by atoms with Crippen LogP contribution in [0.2, 0.25) is 0 Å². The van der Waals surface area contributed by atoms with Crippen molar-refractivity contribution >= 4 is 58.2 Å². The Morgan fingerprint density at radius 3 is 2.00 bits per heavy atom. The maximum atomic E-state index is 11.9. The zero-order valence-electron chi connectivity index (χ0n) is 9.26. The van der Waals surface area contributed by atoms with Crippen molar-refractivity contribution in [3.63, 3.8) is 0 Å². The Hall–Kier alpha value is 0.1000. The molecule has 0 rings (SSSR count). The van der Waals surface area contributed by atoms with Gasteiger partial charge in [-0.1, -0.05) is 23.2 Å². The van der Waals surface area contributed by atoms with Crippen LogP contribution in [-0.2, 0) is 9.59 Å². The number of carbonyl (C=O) groups excluding carboxylic acids is 2. The van der Waals surface area contributed by atoms with Gasteiger partial charge in [0.05, 0.1) is 0 Å². The molecule has 4 nitrogen and oxygen atoms in total. The van der Waals surface area contributed by atoms with Crippen molar-refractivity contribution in [2.24, 2.45) is 0 Å². The Labute approximate surface area is 121 Å². The van der Waals surface area contributed by atoms with E-state index in [1.807, 2.05) is 0 Å². The first kappa shape index (κ1) is 17.1. The van der Waals surface area contributed by atoms with E-state index in [0.717, 1.165) is 0 Å². The molecule has 0 saturated carbocycles. The fourth-order valence-electron chi connectivity index (χ4n) is 1.15. The minimum absolute atomic E-state index is 0.270. The average molecular weight is 324 g/mol. The van der Waals surface area contributed by atoms with Crippen molar-refractivity contribution in [2.75, 3.05) is 24.8 Å². The average Bonchev–Trinajstić information content (AvgIpc) is 2.27. The topological polar surface area (TPSA) is 49.4 Å². The molecule has 0 aromatic rings. The van der Waals surface area contributed by atoms with Gasteiger partial charge in [-0.05, 0) is 6.92 Å². The number of hydrogen-bond donors (Lipinski definition) is 1. The number of rotatable bonds is 7. The van der Waals surface area contributed by atoms with E-state index in [4.69, 9.17) is 46.4 Å². The lowest BCUT2D eigenvalue weighted by Crippen LogP contribution is -2.49. The predicted molar refractivity (Wildman–Crippen MR) is 71.1 cm³/mol. The molecule has 0 aromatic carbocycles. The first-order chi connectivity index (χ1) is 7.93. The van der Waals surface area contributed by atoms with E-state index in [1.165, 1.54) is 4.90 Å². The Morgan fingerprint density at radius 2 is 1.65 bits per heavy atom. The summed E-state index contributed by atoms with van der Waals surface area (Å²) in [5, 5.41) is 2.40. The van der Waals surface area contributed by atoms with Crippen LogP contribution in [0.5, 0.6) is 0 Å². The second-order valence-corrected chi connectivity index (χ2v) is 5.09. The van der Waals surface area contributed by atoms with Gasteiger partial charge in [-0.2, -0.15) is 0 Å². The van der Waals surface area contributed by atoms with Crippen LogP contribution in [0, 0.1) is 0 Å². The molecule has 2 amide bonds. The highest BCUT2D eigenvalue weighted by Crippen LogP contribution is 2.03. The molecule has 100 valence electrons. The molecule has 0 heterocycles. The highest BCUT2D eigenvalue weighted by atomic mass is 35.5. The lowest BCUT2D eigenvalue weighted by Gasteiger charge is -2.24. The van der Waals surface area contributed by atoms with E-state index in [9.17, 15) is 9.59 Å². The van der Waals surface area contributed by atoms with Gasteiger partial charge in [0.1, 0.15) is 6.04 Å². The Kier molecular flexibility index (Phi) is 9.14. The van der Waals surface area contributed by atoms with Gasteiger partial charge in [-0.3, -0.25) is 9.59 Å². The molecule has 8 heteroatoms. The fourth-order valence-corrected chi connectivity index (χ4v) is 1.68. The molecule has 0 aromatic heterocycles. The zero-order valence-corrected chi connectivity index (χ0v) is 12.3. The van der Waals surface area contributed by atoms with Crippen molar-refractivity contribution in [3.05, 3.63) is 0 Å². The van der Waals surface area contributed by atoms with Crippen molar-refractivity contribution in [1.82, 2.24) is 10.2 Å². The molecule has 0 fully saturated rings. The summed E-state index contributed by atoms with van der Waals surface area (Å²) in [6, 6.07) is -0.714. The third-order valence-electron chi connectivity index (χ3n) is 1.95. The van der Waals surface area contributed by atoms with E-state index >= 15 is 0 Å². The molecule has 0 aliphatic heterocycles. The molecule has 0 bridgehead atoms. The van der Waals surface area contributed by atoms with E-state index in [-0.39, 0.29) is 5.91 Å². The van der Waals surface area contributed by atoms with Crippen LogP contribution in [0.3, 0.4) is 0 Å². The van der Waals surface area contributed by atoms with Crippen molar-refractivity contribution in [2.45, 2.75) is 17.8 Å². The highest BCUT2D eigenvalue weighted by molar-refractivity contribution is 6.53. The van der Waals surface area contributed by atoms with E-state index in [2.05, 4.69) is 5.32 Å². The Balaban J connectivity index is 4.38. The highest BCUT2D eigenvalue weighted by Gasteiger charge is 2.23. The van der Waals surface area contributed by atoms with Gasteiger partial charge in [-0.15, -0.1) is 23.2 Å². The summed E-state index contributed by atoms with van der Waals surface area (Å²) >= 11 is 21.9. The van der Waals surface area contributed by atoms with Gasteiger partial charge in [-0.25, -0.2) is 0 Å². The Bertz CT molecular complexity index is 257. The number of carbonyl (C=O) groups is 2. The van der Waals surface area contributed by atoms with Gasteiger partial charge in [0.25, 0.3) is 5.91 Å². The number of nitrogens with zero attached hydrogens (tertiary/aromatic N) is 1. The standard InChI is InChI=1S/C9H14Cl4N2O2/c1-6(14-8(16)7(12)13)9(17)15(4-2-10)5-3-11/h6-7H,2-5H2,1H3,(H,14,16). The first-order valence-electron chi connectivity index (χ1n) is 4.93. The molecule has 0 aliphatic rings. The van der Waals surface area contributed by atoms with Gasteiger partial charge >= 0.3 is 0 Å². The zero-order chi connectivity index (χ0) is 13.4. The summed E-state index contributed by atoms with van der Waals surface area (Å²) in [6.07, 6.45) is 0. The van der Waals surface area contributed by atoms with Gasteiger partial charge in [0.15, 0.2) is 4.84 Å². The summed E-state index contributed by atoms with van der Waals surface area (Å²) in [7, 11) is 0. The van der Waals surface area contributed by atoms with Gasteiger partial charge < -0.3 is 10.2 Å². The summed E-state index contributed by atoms with van der Waals surface area (Å²) in [4.78, 5) is 23.4. The first-order valence-corrected chi connectivity index (χ1v) is 6.87. The Morgan fingerprint density at radius 1 is 1.18 bits per heavy atom.